The SMILES string of the molecule is CCC1c2c(nc(C)[nH]c2=O)Oc2c1c(=O)oc1ccccc21. The lowest BCUT2D eigenvalue weighted by Crippen LogP contribution is -2.27. The van der Waals surface area contributed by atoms with E-state index in [1.54, 1.807) is 19.1 Å². The zero-order valence-electron chi connectivity index (χ0n) is 12.7. The van der Waals surface area contributed by atoms with Crippen molar-refractivity contribution in [3.8, 4) is 11.6 Å². The molecule has 1 N–H and O–H groups in total. The third-order valence-electron chi connectivity index (χ3n) is 4.14. The molecular formula is C17H14N2O4. The molecule has 6 nitrogen and oxygen atoms in total. The molecule has 1 atom stereocenters. The molecular weight excluding hydrogens is 296 g/mol. The van der Waals surface area contributed by atoms with Crippen molar-refractivity contribution >= 4 is 11.0 Å². The Morgan fingerprint density at radius 3 is 2.78 bits per heavy atom. The smallest absolute Gasteiger partial charge is 0.343 e. The summed E-state index contributed by atoms with van der Waals surface area (Å²) in [5, 5.41) is 0.700. The first kappa shape index (κ1) is 13.8. The summed E-state index contributed by atoms with van der Waals surface area (Å²) >= 11 is 0. The average Bonchev–Trinajstić information content (AvgIpc) is 2.52. The summed E-state index contributed by atoms with van der Waals surface area (Å²) in [6.45, 7) is 3.61. The van der Waals surface area contributed by atoms with Crippen LogP contribution in [0.5, 0.6) is 11.6 Å². The lowest BCUT2D eigenvalue weighted by Gasteiger charge is -2.25. The van der Waals surface area contributed by atoms with Crippen molar-refractivity contribution in [1.29, 1.82) is 0 Å². The number of benzene rings is 1. The number of aromatic nitrogens is 2. The van der Waals surface area contributed by atoms with Gasteiger partial charge in [0.15, 0.2) is 5.75 Å². The van der Waals surface area contributed by atoms with Gasteiger partial charge in [-0.1, -0.05) is 19.1 Å². The predicted octanol–water partition coefficient (Wildman–Crippen LogP) is 2.83. The van der Waals surface area contributed by atoms with E-state index in [1.165, 1.54) is 0 Å². The maximum atomic E-state index is 12.5. The number of hydrogen-bond acceptors (Lipinski definition) is 5. The predicted molar refractivity (Wildman–Crippen MR) is 84.3 cm³/mol. The second-order valence-corrected chi connectivity index (χ2v) is 5.56. The van der Waals surface area contributed by atoms with Gasteiger partial charge < -0.3 is 14.1 Å². The molecule has 0 radical (unpaired) electrons. The maximum absolute atomic E-state index is 12.5. The number of aromatic amines is 1. The highest BCUT2D eigenvalue weighted by Crippen LogP contribution is 2.44. The van der Waals surface area contributed by atoms with Crippen LogP contribution >= 0.6 is 0 Å². The van der Waals surface area contributed by atoms with Gasteiger partial charge in [-0.05, 0) is 25.5 Å². The molecule has 0 aliphatic carbocycles. The van der Waals surface area contributed by atoms with E-state index in [1.807, 2.05) is 19.1 Å². The van der Waals surface area contributed by atoms with Gasteiger partial charge in [-0.3, -0.25) is 4.79 Å². The molecule has 0 amide bonds. The largest absolute Gasteiger partial charge is 0.437 e. The Hall–Kier alpha value is -2.89. The van der Waals surface area contributed by atoms with Gasteiger partial charge in [0.2, 0.25) is 5.88 Å². The molecule has 1 aliphatic heterocycles. The summed E-state index contributed by atoms with van der Waals surface area (Å²) in [7, 11) is 0. The van der Waals surface area contributed by atoms with Crippen LogP contribution in [0.2, 0.25) is 0 Å². The Bertz CT molecular complexity index is 1050. The van der Waals surface area contributed by atoms with Crippen molar-refractivity contribution in [2.45, 2.75) is 26.2 Å². The highest BCUT2D eigenvalue weighted by atomic mass is 16.5. The normalized spacial score (nSPS) is 15.8. The molecule has 2 aromatic heterocycles. The summed E-state index contributed by atoms with van der Waals surface area (Å²) in [4.78, 5) is 31.8. The Kier molecular flexibility index (Phi) is 2.87. The number of para-hydroxylation sites is 1. The van der Waals surface area contributed by atoms with Crippen molar-refractivity contribution in [2.24, 2.45) is 0 Å². The third kappa shape index (κ3) is 1.91. The van der Waals surface area contributed by atoms with E-state index in [0.717, 1.165) is 0 Å². The van der Waals surface area contributed by atoms with Crippen LogP contribution in [0.15, 0.2) is 38.3 Å². The van der Waals surface area contributed by atoms with Crippen LogP contribution in [-0.4, -0.2) is 9.97 Å². The zero-order chi connectivity index (χ0) is 16.1. The number of nitrogens with zero attached hydrogens (tertiary/aromatic N) is 1. The third-order valence-corrected chi connectivity index (χ3v) is 4.14. The topological polar surface area (TPSA) is 85.2 Å². The molecule has 0 spiro atoms. The fourth-order valence-corrected chi connectivity index (χ4v) is 3.15. The molecule has 0 bridgehead atoms. The quantitative estimate of drug-likeness (QED) is 0.699. The summed E-state index contributed by atoms with van der Waals surface area (Å²) in [5.41, 5.74) is 0.466. The molecule has 6 heteroatoms. The lowest BCUT2D eigenvalue weighted by molar-refractivity contribution is 0.409. The van der Waals surface area contributed by atoms with Gasteiger partial charge in [-0.2, -0.15) is 4.98 Å². The van der Waals surface area contributed by atoms with Crippen molar-refractivity contribution in [3.63, 3.8) is 0 Å². The van der Waals surface area contributed by atoms with Crippen molar-refractivity contribution in [3.05, 3.63) is 62.0 Å². The summed E-state index contributed by atoms with van der Waals surface area (Å²) in [5.74, 6) is 0.779. The molecule has 0 fully saturated rings. The molecule has 0 saturated carbocycles. The van der Waals surface area contributed by atoms with Gasteiger partial charge in [-0.25, -0.2) is 4.79 Å². The number of nitrogens with one attached hydrogen (secondary N) is 1. The van der Waals surface area contributed by atoms with E-state index in [0.29, 0.717) is 40.1 Å². The Balaban J connectivity index is 2.12. The number of ether oxygens (including phenoxy) is 1. The van der Waals surface area contributed by atoms with Crippen LogP contribution in [0.1, 0.15) is 36.2 Å². The molecule has 1 aromatic carbocycles. The standard InChI is InChI=1S/C17H14N2O4/c1-3-9-12-14(10-6-4-5-7-11(10)22-17(12)21)23-16-13(9)15(20)18-8(2)19-16/h4-7,9H,3H2,1-2H3,(H,18,19,20). The molecule has 3 heterocycles. The molecule has 23 heavy (non-hydrogen) atoms. The van der Waals surface area contributed by atoms with E-state index in [4.69, 9.17) is 9.15 Å². The van der Waals surface area contributed by atoms with Crippen LogP contribution in [0.25, 0.3) is 11.0 Å². The summed E-state index contributed by atoms with van der Waals surface area (Å²) in [6.07, 6.45) is 0.570. The fourth-order valence-electron chi connectivity index (χ4n) is 3.15. The van der Waals surface area contributed by atoms with Crippen LogP contribution in [0.3, 0.4) is 0 Å². The van der Waals surface area contributed by atoms with Gasteiger partial charge in [0.1, 0.15) is 11.4 Å². The minimum absolute atomic E-state index is 0.265. The second kappa shape index (κ2) is 4.81. The van der Waals surface area contributed by atoms with Crippen LogP contribution in [-0.2, 0) is 0 Å². The molecule has 1 unspecified atom stereocenters. The van der Waals surface area contributed by atoms with E-state index in [9.17, 15) is 9.59 Å². The summed E-state index contributed by atoms with van der Waals surface area (Å²) < 4.78 is 11.3. The second-order valence-electron chi connectivity index (χ2n) is 5.56. The maximum Gasteiger partial charge on any atom is 0.343 e. The first-order chi connectivity index (χ1) is 11.1. The Morgan fingerprint density at radius 1 is 1.22 bits per heavy atom. The van der Waals surface area contributed by atoms with E-state index < -0.39 is 11.5 Å². The minimum Gasteiger partial charge on any atom is -0.437 e. The van der Waals surface area contributed by atoms with E-state index in [-0.39, 0.29) is 11.4 Å². The minimum atomic E-state index is -0.476. The van der Waals surface area contributed by atoms with Gasteiger partial charge >= 0.3 is 5.63 Å². The number of aryl methyl sites for hydroxylation is 1. The van der Waals surface area contributed by atoms with E-state index in [2.05, 4.69) is 9.97 Å². The zero-order valence-corrected chi connectivity index (χ0v) is 12.7. The highest BCUT2D eigenvalue weighted by molar-refractivity contribution is 5.85. The number of hydrogen-bond donors (Lipinski definition) is 1. The first-order valence-electron chi connectivity index (χ1n) is 7.44. The van der Waals surface area contributed by atoms with Crippen molar-refractivity contribution in [2.75, 3.05) is 0 Å². The monoisotopic (exact) mass is 310 g/mol. The number of H-pyrrole nitrogens is 1. The number of rotatable bonds is 1. The Morgan fingerprint density at radius 2 is 2.00 bits per heavy atom. The summed E-state index contributed by atoms with van der Waals surface area (Å²) in [6, 6.07) is 7.18. The average molecular weight is 310 g/mol. The molecule has 1 aliphatic rings. The van der Waals surface area contributed by atoms with Crippen molar-refractivity contribution < 1.29 is 9.15 Å². The van der Waals surface area contributed by atoms with Gasteiger partial charge in [0.05, 0.1) is 16.5 Å². The van der Waals surface area contributed by atoms with Crippen LogP contribution in [0, 0.1) is 6.92 Å². The molecule has 4 rings (SSSR count). The van der Waals surface area contributed by atoms with Crippen LogP contribution in [0.4, 0.5) is 0 Å². The first-order valence-corrected chi connectivity index (χ1v) is 7.44. The number of fused-ring (bicyclic) bond motifs is 4. The van der Waals surface area contributed by atoms with E-state index >= 15 is 0 Å². The molecule has 0 saturated heterocycles. The fraction of sp³-hybridized carbons (Fsp3) is 0.235. The molecule has 3 aromatic rings. The molecule has 116 valence electrons. The van der Waals surface area contributed by atoms with Gasteiger partial charge in [-0.15, -0.1) is 0 Å². The van der Waals surface area contributed by atoms with Gasteiger partial charge in [0.25, 0.3) is 5.56 Å². The van der Waals surface area contributed by atoms with Gasteiger partial charge in [0, 0.05) is 5.92 Å². The van der Waals surface area contributed by atoms with Crippen molar-refractivity contribution in [1.82, 2.24) is 9.97 Å². The van der Waals surface area contributed by atoms with Crippen LogP contribution < -0.4 is 15.9 Å². The lowest BCUT2D eigenvalue weighted by atomic mass is 9.88. The Labute approximate surface area is 130 Å². The highest BCUT2D eigenvalue weighted by Gasteiger charge is 2.34.